The van der Waals surface area contributed by atoms with Gasteiger partial charge in [-0.3, -0.25) is 9.80 Å². The minimum atomic E-state index is -4.33. The van der Waals surface area contributed by atoms with Crippen LogP contribution in [-0.2, 0) is 21.2 Å². The Morgan fingerprint density at radius 1 is 1.14 bits per heavy atom. The van der Waals surface area contributed by atoms with E-state index in [1.54, 1.807) is 29.2 Å². The highest BCUT2D eigenvalue weighted by Crippen LogP contribution is 2.45. The number of nitrogens with two attached hydrogens (primary N) is 1. The van der Waals surface area contributed by atoms with Gasteiger partial charge in [0.2, 0.25) is 10.0 Å². The van der Waals surface area contributed by atoms with Gasteiger partial charge in [-0.15, -0.1) is 11.8 Å². The summed E-state index contributed by atoms with van der Waals surface area (Å²) in [4.78, 5) is 27.6. The van der Waals surface area contributed by atoms with Gasteiger partial charge in [0.25, 0.3) is 5.91 Å². The zero-order valence-corrected chi connectivity index (χ0v) is 24.8. The number of hydrogen-bond donors (Lipinski definition) is 2. The largest absolute Gasteiger partial charge is 0.476 e. The molecule has 0 spiro atoms. The van der Waals surface area contributed by atoms with E-state index in [9.17, 15) is 27.5 Å². The maximum absolute atomic E-state index is 17.4. The fourth-order valence-corrected chi connectivity index (χ4v) is 7.67. The Hall–Kier alpha value is -3.49. The van der Waals surface area contributed by atoms with Crippen molar-refractivity contribution in [2.75, 3.05) is 25.5 Å². The zero-order valence-electron chi connectivity index (χ0n) is 23.2. The van der Waals surface area contributed by atoms with Crippen molar-refractivity contribution in [1.29, 1.82) is 0 Å². The van der Waals surface area contributed by atoms with Crippen LogP contribution in [0.2, 0.25) is 0 Å². The van der Waals surface area contributed by atoms with E-state index in [1.165, 1.54) is 28.0 Å². The van der Waals surface area contributed by atoms with Gasteiger partial charge in [-0.2, -0.15) is 5.10 Å². The number of likely N-dealkylation sites (tertiary alicyclic amines) is 1. The van der Waals surface area contributed by atoms with Crippen molar-refractivity contribution in [2.45, 2.75) is 49.1 Å². The third kappa shape index (κ3) is 5.87. The highest BCUT2D eigenvalue weighted by atomic mass is 32.2. The first-order chi connectivity index (χ1) is 20.4. The molecule has 1 amide bonds. The number of alkyl halides is 1. The Labute approximate surface area is 252 Å². The Morgan fingerprint density at radius 3 is 2.51 bits per heavy atom. The molecule has 2 aromatic carbocycles. The molecule has 6 rings (SSSR count). The summed E-state index contributed by atoms with van der Waals surface area (Å²) >= 11 is 1.39. The number of benzene rings is 2. The molecule has 1 atom stereocenters. The summed E-state index contributed by atoms with van der Waals surface area (Å²) in [5, 5.41) is 22.6. The number of hydrazine groups is 1. The van der Waals surface area contributed by atoms with Crippen molar-refractivity contribution < 1.29 is 31.9 Å². The summed E-state index contributed by atoms with van der Waals surface area (Å²) in [6, 6.07) is 9.78. The van der Waals surface area contributed by atoms with E-state index >= 15 is 4.39 Å². The normalized spacial score (nSPS) is 22.5. The predicted octanol–water partition coefficient (Wildman–Crippen LogP) is 3.70. The number of thioether (sulfide) groups is 1. The molecule has 14 heteroatoms. The van der Waals surface area contributed by atoms with Crippen LogP contribution in [0.25, 0.3) is 0 Å². The van der Waals surface area contributed by atoms with Gasteiger partial charge >= 0.3 is 5.97 Å². The molecule has 2 fully saturated rings. The molecule has 1 aliphatic carbocycles. The molecule has 1 saturated heterocycles. The number of halogens is 2. The van der Waals surface area contributed by atoms with Crippen molar-refractivity contribution in [3.63, 3.8) is 0 Å². The average Bonchev–Trinajstić information content (AvgIpc) is 3.31. The van der Waals surface area contributed by atoms with E-state index in [1.807, 2.05) is 0 Å². The summed E-state index contributed by atoms with van der Waals surface area (Å²) in [6.07, 6.45) is 4.04. The fourth-order valence-electron chi connectivity index (χ4n) is 5.86. The first kappa shape index (κ1) is 29.6. The third-order valence-corrected chi connectivity index (χ3v) is 10.2. The van der Waals surface area contributed by atoms with Crippen LogP contribution in [-0.4, -0.2) is 77.3 Å². The van der Waals surface area contributed by atoms with Crippen LogP contribution < -0.4 is 5.14 Å². The van der Waals surface area contributed by atoms with Crippen molar-refractivity contribution >= 4 is 39.4 Å². The summed E-state index contributed by atoms with van der Waals surface area (Å²) < 4.78 is 55.7. The van der Waals surface area contributed by atoms with Crippen molar-refractivity contribution in [1.82, 2.24) is 15.0 Å². The van der Waals surface area contributed by atoms with E-state index in [0.717, 1.165) is 37.8 Å². The second kappa shape index (κ2) is 11.2. The number of aliphatic carboxylic acids is 1. The number of sulfonamides is 1. The molecule has 3 aliphatic heterocycles. The summed E-state index contributed by atoms with van der Waals surface area (Å²) in [5.74, 6) is -1.84. The summed E-state index contributed by atoms with van der Waals surface area (Å²) in [5.41, 5.74) is -1.67. The number of allylic oxidation sites excluding steroid dienone is 1. The van der Waals surface area contributed by atoms with Crippen LogP contribution in [0.3, 0.4) is 0 Å². The van der Waals surface area contributed by atoms with Crippen LogP contribution in [0, 0.1) is 11.7 Å². The Bertz CT molecular complexity index is 1660. The lowest BCUT2D eigenvalue weighted by Gasteiger charge is -2.30. The number of carboxylic acids is 1. The number of carboxylic acid groups (broad SMARTS) is 1. The van der Waals surface area contributed by atoms with E-state index < -0.39 is 45.3 Å². The number of rotatable bonds is 9. The van der Waals surface area contributed by atoms with Crippen molar-refractivity contribution in [3.05, 3.63) is 75.6 Å². The molecule has 0 radical (unpaired) electrons. The predicted molar refractivity (Wildman–Crippen MR) is 156 cm³/mol. The molecular formula is C29H31F2N5O5S2. The van der Waals surface area contributed by atoms with Gasteiger partial charge in [-0.25, -0.2) is 32.3 Å². The number of primary sulfonamides is 1. The lowest BCUT2D eigenvalue weighted by atomic mass is 9.86. The zero-order chi connectivity index (χ0) is 30.5. The molecular weight excluding hydrogens is 600 g/mol. The fraction of sp³-hybridized carbons (Fsp3) is 0.414. The minimum absolute atomic E-state index is 0.0502. The van der Waals surface area contributed by atoms with E-state index in [-0.39, 0.29) is 39.9 Å². The quantitative estimate of drug-likeness (QED) is 0.428. The number of hydrogen-bond acceptors (Lipinski definition) is 8. The average molecular weight is 632 g/mol. The molecule has 3 heterocycles. The molecule has 1 unspecified atom stereocenters. The topological polar surface area (TPSA) is 137 Å². The van der Waals surface area contributed by atoms with Gasteiger partial charge in [0.05, 0.1) is 12.4 Å². The Kier molecular flexibility index (Phi) is 7.71. The van der Waals surface area contributed by atoms with Crippen LogP contribution in [0.5, 0.6) is 0 Å². The molecule has 228 valence electrons. The highest BCUT2D eigenvalue weighted by molar-refractivity contribution is 8.03. The molecule has 4 aliphatic rings. The van der Waals surface area contributed by atoms with E-state index in [4.69, 9.17) is 5.14 Å². The maximum atomic E-state index is 17.4. The molecule has 3 N–H and O–H groups in total. The second-order valence-corrected chi connectivity index (χ2v) is 13.9. The van der Waals surface area contributed by atoms with E-state index in [2.05, 4.69) is 5.10 Å². The maximum Gasteiger partial charge on any atom is 0.354 e. The standard InChI is InChI=1S/C29H31F2N5O5S2/c30-22-13-19(9-10-24(22)43(32,40)41)15-29(31)16-36(35-17-42-23(14-18-7-8-18)25(35)28(38)39)33-26(29)20-5-1-2-6-21(20)27(37)34-11-3-4-12-34/h1-2,5-6,9-10,13,18H,3-4,7-8,11-12,14-17H2,(H,38,39)(H2,32,40,41). The highest BCUT2D eigenvalue weighted by Gasteiger charge is 2.49. The van der Waals surface area contributed by atoms with Crippen LogP contribution in [0.1, 0.15) is 53.6 Å². The van der Waals surface area contributed by atoms with Gasteiger partial charge < -0.3 is 10.0 Å². The molecule has 1 saturated carbocycles. The number of carbonyl (C=O) groups is 2. The third-order valence-electron chi connectivity index (χ3n) is 8.16. The van der Waals surface area contributed by atoms with Crippen LogP contribution >= 0.6 is 11.8 Å². The SMILES string of the molecule is NS(=O)(=O)c1ccc(CC2(F)CN(N3CSC(CC4CC4)=C3C(=O)O)N=C2c2ccccc2C(=O)N2CCCC2)cc1F. The lowest BCUT2D eigenvalue weighted by molar-refractivity contribution is -0.137. The molecule has 43 heavy (non-hydrogen) atoms. The second-order valence-electron chi connectivity index (χ2n) is 11.4. The van der Waals surface area contributed by atoms with Gasteiger partial charge in [-0.05, 0) is 61.8 Å². The van der Waals surface area contributed by atoms with Gasteiger partial charge in [0.15, 0.2) is 11.4 Å². The smallest absolute Gasteiger partial charge is 0.354 e. The monoisotopic (exact) mass is 631 g/mol. The lowest BCUT2D eigenvalue weighted by Crippen LogP contribution is -2.45. The van der Waals surface area contributed by atoms with Gasteiger partial charge in [0.1, 0.15) is 16.4 Å². The number of carbonyl (C=O) groups excluding carboxylic acids is 1. The van der Waals surface area contributed by atoms with Gasteiger partial charge in [-0.1, -0.05) is 24.3 Å². The molecule has 10 nitrogen and oxygen atoms in total. The minimum Gasteiger partial charge on any atom is -0.476 e. The van der Waals surface area contributed by atoms with Crippen LogP contribution in [0.15, 0.2) is 63.1 Å². The van der Waals surface area contributed by atoms with Gasteiger partial charge in [0, 0.05) is 35.5 Å². The van der Waals surface area contributed by atoms with Crippen molar-refractivity contribution in [3.8, 4) is 0 Å². The molecule has 0 bridgehead atoms. The Morgan fingerprint density at radius 2 is 1.86 bits per heavy atom. The molecule has 2 aromatic rings. The summed E-state index contributed by atoms with van der Waals surface area (Å²) in [7, 11) is -4.33. The van der Waals surface area contributed by atoms with Crippen LogP contribution in [0.4, 0.5) is 8.78 Å². The number of amides is 1. The van der Waals surface area contributed by atoms with Crippen molar-refractivity contribution in [2.24, 2.45) is 16.2 Å². The van der Waals surface area contributed by atoms with E-state index in [0.29, 0.717) is 30.3 Å². The molecule has 0 aromatic heterocycles. The number of nitrogens with zero attached hydrogens (tertiary/aromatic N) is 4. The first-order valence-electron chi connectivity index (χ1n) is 14.1. The Balaban J connectivity index is 1.41. The summed E-state index contributed by atoms with van der Waals surface area (Å²) in [6.45, 7) is 0.773. The first-order valence-corrected chi connectivity index (χ1v) is 16.6. The number of hydrazone groups is 1.